The number of sulfone groups is 1. The fourth-order valence-electron chi connectivity index (χ4n) is 1.90. The summed E-state index contributed by atoms with van der Waals surface area (Å²) in [5.74, 6) is 0. The summed E-state index contributed by atoms with van der Waals surface area (Å²) in [6.45, 7) is 0. The lowest BCUT2D eigenvalue weighted by Crippen LogP contribution is -2.16. The number of thioether (sulfide) groups is 1. The van der Waals surface area contributed by atoms with Crippen LogP contribution < -0.4 is 4.72 Å². The van der Waals surface area contributed by atoms with Crippen molar-refractivity contribution in [2.24, 2.45) is 0 Å². The molecular weight excluding hydrogens is 396 g/mol. The lowest BCUT2D eigenvalue weighted by Gasteiger charge is -2.11. The van der Waals surface area contributed by atoms with Gasteiger partial charge in [-0.1, -0.05) is 6.07 Å². The van der Waals surface area contributed by atoms with Gasteiger partial charge in [0.25, 0.3) is 15.3 Å². The largest absolute Gasteiger partial charge is 0.339 e. The molecule has 0 aromatic heterocycles. The third-order valence-electron chi connectivity index (χ3n) is 3.22. The van der Waals surface area contributed by atoms with Crippen LogP contribution in [0.15, 0.2) is 63.2 Å². The van der Waals surface area contributed by atoms with Crippen LogP contribution in [-0.4, -0.2) is 47.3 Å². The predicted molar refractivity (Wildman–Crippen MR) is 102 cm³/mol. The Bertz CT molecular complexity index is 1010. The van der Waals surface area contributed by atoms with E-state index in [0.29, 0.717) is 10.6 Å². The monoisotopic (exact) mass is 414 g/mol. The number of sulfonamides is 1. The first-order chi connectivity index (χ1) is 12.0. The second-order valence-electron chi connectivity index (χ2n) is 5.64. The highest BCUT2D eigenvalue weighted by Gasteiger charge is 2.16. The van der Waals surface area contributed by atoms with Gasteiger partial charge in [0.2, 0.25) is 0 Å². The Hall–Kier alpha value is -2.04. The molecule has 0 aliphatic heterocycles. The summed E-state index contributed by atoms with van der Waals surface area (Å²) in [5.41, 5.74) is 0.300. The molecule has 2 aromatic rings. The zero-order valence-corrected chi connectivity index (χ0v) is 16.8. The van der Waals surface area contributed by atoms with E-state index >= 15 is 0 Å². The molecule has 140 valence electrons. The summed E-state index contributed by atoms with van der Waals surface area (Å²) in [7, 11) is -4.03. The normalized spacial score (nSPS) is 11.8. The van der Waals surface area contributed by atoms with Gasteiger partial charge >= 0.3 is 0 Å². The minimum Gasteiger partial charge on any atom is -0.339 e. The first kappa shape index (κ1) is 20.3. The van der Waals surface area contributed by atoms with Gasteiger partial charge in [-0.25, -0.2) is 16.8 Å². The van der Waals surface area contributed by atoms with E-state index in [1.165, 1.54) is 29.2 Å². The van der Waals surface area contributed by atoms with Gasteiger partial charge in [0.1, 0.15) is 0 Å². The molecule has 2 rings (SSSR count). The minimum atomic E-state index is -3.89. The molecule has 2 aromatic carbocycles. The van der Waals surface area contributed by atoms with E-state index in [2.05, 4.69) is 4.72 Å². The summed E-state index contributed by atoms with van der Waals surface area (Å²) in [4.78, 5) is 13.7. The highest BCUT2D eigenvalue weighted by Crippen LogP contribution is 2.25. The maximum atomic E-state index is 12.5. The van der Waals surface area contributed by atoms with Gasteiger partial charge in [0, 0.05) is 30.9 Å². The standard InChI is InChI=1S/C16H18N2O5S3/c1-18(2)16(19)24-13-6-4-5-12(11-13)17-26(22,23)15-9-7-14(8-10-15)25(3,20)21/h4-11,17H,1-3H3. The van der Waals surface area contributed by atoms with Gasteiger partial charge in [-0.15, -0.1) is 0 Å². The van der Waals surface area contributed by atoms with Crippen molar-refractivity contribution in [1.29, 1.82) is 0 Å². The van der Waals surface area contributed by atoms with Gasteiger partial charge in [-0.3, -0.25) is 9.52 Å². The molecule has 7 nitrogen and oxygen atoms in total. The molecule has 0 bridgehead atoms. The lowest BCUT2D eigenvalue weighted by atomic mass is 10.3. The van der Waals surface area contributed by atoms with E-state index in [1.54, 1.807) is 38.4 Å². The van der Waals surface area contributed by atoms with Gasteiger partial charge in [0.05, 0.1) is 9.79 Å². The van der Waals surface area contributed by atoms with Crippen LogP contribution in [-0.2, 0) is 19.9 Å². The fraction of sp³-hybridized carbons (Fsp3) is 0.188. The quantitative estimate of drug-likeness (QED) is 0.755. The van der Waals surface area contributed by atoms with Crippen molar-refractivity contribution >= 4 is 42.5 Å². The van der Waals surface area contributed by atoms with E-state index < -0.39 is 19.9 Å². The maximum Gasteiger partial charge on any atom is 0.285 e. The van der Waals surface area contributed by atoms with Crippen molar-refractivity contribution in [1.82, 2.24) is 4.90 Å². The van der Waals surface area contributed by atoms with Crippen LogP contribution in [0.5, 0.6) is 0 Å². The second-order valence-corrected chi connectivity index (χ2v) is 10.4. The Labute approximate surface area is 157 Å². The Balaban J connectivity index is 2.23. The van der Waals surface area contributed by atoms with Crippen molar-refractivity contribution in [2.75, 3.05) is 25.1 Å². The van der Waals surface area contributed by atoms with Crippen molar-refractivity contribution in [3.63, 3.8) is 0 Å². The molecule has 0 spiro atoms. The Morgan fingerprint density at radius 3 is 2.08 bits per heavy atom. The number of carbonyl (C=O) groups excluding carboxylic acids is 1. The molecule has 0 fully saturated rings. The summed E-state index contributed by atoms with van der Waals surface area (Å²) in [6, 6.07) is 11.4. The third kappa shape index (κ3) is 5.23. The summed E-state index contributed by atoms with van der Waals surface area (Å²) >= 11 is 0.978. The topological polar surface area (TPSA) is 101 Å². The van der Waals surface area contributed by atoms with Crippen LogP contribution in [0, 0.1) is 0 Å². The molecule has 0 aliphatic rings. The fourth-order valence-corrected chi connectivity index (χ4v) is 4.29. The van der Waals surface area contributed by atoms with Crippen LogP contribution in [0.2, 0.25) is 0 Å². The first-order valence-corrected chi connectivity index (χ1v) is 11.5. The molecule has 0 saturated carbocycles. The van der Waals surface area contributed by atoms with Crippen LogP contribution in [0.25, 0.3) is 0 Å². The Morgan fingerprint density at radius 1 is 0.962 bits per heavy atom. The number of rotatable bonds is 5. The zero-order chi connectivity index (χ0) is 19.5. The average Bonchev–Trinajstić information content (AvgIpc) is 2.54. The number of nitrogens with zero attached hydrogens (tertiary/aromatic N) is 1. The number of carbonyl (C=O) groups is 1. The van der Waals surface area contributed by atoms with E-state index in [4.69, 9.17) is 0 Å². The number of hydrogen-bond acceptors (Lipinski definition) is 6. The number of amides is 1. The van der Waals surface area contributed by atoms with E-state index in [9.17, 15) is 21.6 Å². The second kappa shape index (κ2) is 7.68. The summed E-state index contributed by atoms with van der Waals surface area (Å²) < 4.78 is 50.3. The van der Waals surface area contributed by atoms with Gasteiger partial charge in [-0.2, -0.15) is 0 Å². The van der Waals surface area contributed by atoms with Gasteiger partial charge in [0.15, 0.2) is 9.84 Å². The molecule has 0 heterocycles. The summed E-state index contributed by atoms with van der Waals surface area (Å²) in [5, 5.41) is -0.179. The van der Waals surface area contributed by atoms with E-state index in [1.807, 2.05) is 0 Å². The Kier molecular flexibility index (Phi) is 5.99. The first-order valence-electron chi connectivity index (χ1n) is 7.31. The van der Waals surface area contributed by atoms with Crippen molar-refractivity contribution in [3.05, 3.63) is 48.5 Å². The predicted octanol–water partition coefficient (Wildman–Crippen LogP) is 2.66. The third-order valence-corrected chi connectivity index (χ3v) is 6.77. The molecular formula is C16H18N2O5S3. The van der Waals surface area contributed by atoms with Gasteiger partial charge < -0.3 is 4.90 Å². The van der Waals surface area contributed by atoms with Crippen molar-refractivity contribution in [2.45, 2.75) is 14.7 Å². The molecule has 0 saturated heterocycles. The van der Waals surface area contributed by atoms with Crippen LogP contribution >= 0.6 is 11.8 Å². The molecule has 0 aliphatic carbocycles. The smallest absolute Gasteiger partial charge is 0.285 e. The van der Waals surface area contributed by atoms with Crippen molar-refractivity contribution < 1.29 is 21.6 Å². The van der Waals surface area contributed by atoms with Crippen LogP contribution in [0.4, 0.5) is 10.5 Å². The SMILES string of the molecule is CN(C)C(=O)Sc1cccc(NS(=O)(=O)c2ccc(S(C)(=O)=O)cc2)c1. The molecule has 1 N–H and O–H groups in total. The van der Waals surface area contributed by atoms with Crippen LogP contribution in [0.1, 0.15) is 0 Å². The molecule has 0 unspecified atom stereocenters. The van der Waals surface area contributed by atoms with Gasteiger partial charge in [-0.05, 0) is 54.2 Å². The minimum absolute atomic E-state index is 0.0389. The zero-order valence-electron chi connectivity index (χ0n) is 14.3. The molecule has 26 heavy (non-hydrogen) atoms. The summed E-state index contributed by atoms with van der Waals surface area (Å²) in [6.07, 6.45) is 1.05. The number of anilines is 1. The van der Waals surface area contributed by atoms with Crippen molar-refractivity contribution in [3.8, 4) is 0 Å². The molecule has 0 atom stereocenters. The average molecular weight is 415 g/mol. The Morgan fingerprint density at radius 2 is 1.54 bits per heavy atom. The molecule has 1 amide bonds. The number of hydrogen-bond donors (Lipinski definition) is 1. The highest BCUT2D eigenvalue weighted by molar-refractivity contribution is 8.13. The maximum absolute atomic E-state index is 12.5. The lowest BCUT2D eigenvalue weighted by molar-refractivity contribution is 0.241. The number of benzene rings is 2. The molecule has 10 heteroatoms. The van der Waals surface area contributed by atoms with E-state index in [0.717, 1.165) is 18.0 Å². The van der Waals surface area contributed by atoms with E-state index in [-0.39, 0.29) is 15.0 Å². The van der Waals surface area contributed by atoms with Crippen LogP contribution in [0.3, 0.4) is 0 Å². The number of nitrogens with one attached hydrogen (secondary N) is 1. The molecule has 0 radical (unpaired) electrons. The highest BCUT2D eigenvalue weighted by atomic mass is 32.2.